The number of hydrogen-bond donors (Lipinski definition) is 3. The van der Waals surface area contributed by atoms with Crippen LogP contribution in [0, 0.1) is 6.92 Å². The number of halogens is 1. The van der Waals surface area contributed by atoms with E-state index in [0.29, 0.717) is 33.5 Å². The second-order valence-corrected chi connectivity index (χ2v) is 8.15. The van der Waals surface area contributed by atoms with E-state index in [1.165, 1.54) is 11.3 Å². The van der Waals surface area contributed by atoms with Crippen molar-refractivity contribution in [2.24, 2.45) is 0 Å². The number of carbonyl (C=O) groups is 2. The molecule has 0 spiro atoms. The minimum Gasteiger partial charge on any atom is -0.332 e. The van der Waals surface area contributed by atoms with Gasteiger partial charge in [0.25, 0.3) is 5.91 Å². The van der Waals surface area contributed by atoms with Crippen molar-refractivity contribution in [1.82, 2.24) is 15.3 Å². The van der Waals surface area contributed by atoms with Crippen LogP contribution in [-0.2, 0) is 6.54 Å². The highest BCUT2D eigenvalue weighted by molar-refractivity contribution is 7.22. The molecule has 0 radical (unpaired) electrons. The number of aromatic nitrogens is 2. The van der Waals surface area contributed by atoms with Gasteiger partial charge in [0, 0.05) is 11.8 Å². The van der Waals surface area contributed by atoms with Gasteiger partial charge >= 0.3 is 6.03 Å². The topological polar surface area (TPSA) is 96.0 Å². The molecular weight excluding hydrogens is 434 g/mol. The zero-order chi connectivity index (χ0) is 21.8. The summed E-state index contributed by atoms with van der Waals surface area (Å²) < 4.78 is 0.781. The molecule has 3 N–H and O–H groups in total. The number of fused-ring (bicyclic) bond motifs is 1. The molecule has 2 aromatic heterocycles. The van der Waals surface area contributed by atoms with Crippen molar-refractivity contribution in [2.75, 3.05) is 10.6 Å². The highest BCUT2D eigenvalue weighted by atomic mass is 35.5. The highest BCUT2D eigenvalue weighted by Gasteiger charge is 2.13. The van der Waals surface area contributed by atoms with Crippen molar-refractivity contribution in [3.63, 3.8) is 0 Å². The summed E-state index contributed by atoms with van der Waals surface area (Å²) >= 11 is 7.49. The Morgan fingerprint density at radius 2 is 1.94 bits per heavy atom. The molecule has 0 aliphatic rings. The Morgan fingerprint density at radius 3 is 2.71 bits per heavy atom. The van der Waals surface area contributed by atoms with Crippen molar-refractivity contribution in [3.8, 4) is 0 Å². The Bertz CT molecular complexity index is 1240. The number of nitrogens with zero attached hydrogens (tertiary/aromatic N) is 2. The van der Waals surface area contributed by atoms with Crippen LogP contribution in [0.3, 0.4) is 0 Å². The zero-order valence-corrected chi connectivity index (χ0v) is 18.1. The van der Waals surface area contributed by atoms with Crippen LogP contribution in [0.1, 0.15) is 21.6 Å². The number of carbonyl (C=O) groups excluding carboxylic acids is 2. The monoisotopic (exact) mass is 451 g/mol. The number of hydrogen-bond acceptors (Lipinski definition) is 5. The maximum Gasteiger partial charge on any atom is 0.321 e. The van der Waals surface area contributed by atoms with Gasteiger partial charge in [-0.2, -0.15) is 0 Å². The van der Waals surface area contributed by atoms with Gasteiger partial charge < -0.3 is 10.6 Å². The molecule has 0 atom stereocenters. The van der Waals surface area contributed by atoms with Crippen LogP contribution in [0.5, 0.6) is 0 Å². The number of thiazole rings is 1. The molecule has 2 aromatic carbocycles. The molecule has 0 fully saturated rings. The zero-order valence-electron chi connectivity index (χ0n) is 16.5. The van der Waals surface area contributed by atoms with Gasteiger partial charge in [-0.25, -0.2) is 9.78 Å². The van der Waals surface area contributed by atoms with Crippen LogP contribution in [0.15, 0.2) is 60.8 Å². The number of aryl methyl sites for hydroxylation is 1. The van der Waals surface area contributed by atoms with Crippen LogP contribution < -0.4 is 16.0 Å². The summed E-state index contributed by atoms with van der Waals surface area (Å²) in [6.45, 7) is 2.19. The molecular formula is C22H18ClN5O2S. The first kappa shape index (κ1) is 20.8. The third-order valence-corrected chi connectivity index (χ3v) is 5.74. The van der Waals surface area contributed by atoms with Gasteiger partial charge in [0.05, 0.1) is 33.2 Å². The van der Waals surface area contributed by atoms with Crippen molar-refractivity contribution >= 4 is 55.9 Å². The van der Waals surface area contributed by atoms with Crippen LogP contribution in [-0.4, -0.2) is 21.9 Å². The summed E-state index contributed by atoms with van der Waals surface area (Å²) in [6, 6.07) is 15.7. The van der Waals surface area contributed by atoms with Crippen molar-refractivity contribution in [3.05, 3.63) is 82.6 Å². The number of nitrogens with one attached hydrogen (secondary N) is 3. The average Bonchev–Trinajstić information content (AvgIpc) is 3.17. The molecule has 3 amide bonds. The number of para-hydroxylation sites is 1. The van der Waals surface area contributed by atoms with E-state index in [2.05, 4.69) is 25.9 Å². The first-order valence-electron chi connectivity index (χ1n) is 9.41. The fourth-order valence-electron chi connectivity index (χ4n) is 2.91. The summed E-state index contributed by atoms with van der Waals surface area (Å²) in [6.07, 6.45) is 1.67. The van der Waals surface area contributed by atoms with E-state index in [0.717, 1.165) is 16.0 Å². The minimum atomic E-state index is -0.378. The smallest absolute Gasteiger partial charge is 0.321 e. The molecule has 0 unspecified atom stereocenters. The standard InChI is InChI=1S/C22H18ClN5O2S/c1-13-5-4-7-16(23)19(13)27-20(29)14-8-9-17-18(11-14)31-22(26-17)28-21(30)25-12-15-6-2-3-10-24-15/h2-11H,12H2,1H3,(H,27,29)(H2,25,26,28,30). The van der Waals surface area contributed by atoms with E-state index in [1.54, 1.807) is 30.5 Å². The van der Waals surface area contributed by atoms with E-state index < -0.39 is 0 Å². The number of amides is 3. The van der Waals surface area contributed by atoms with E-state index in [4.69, 9.17) is 11.6 Å². The quantitative estimate of drug-likeness (QED) is 0.387. The Balaban J connectivity index is 1.44. The number of urea groups is 1. The first-order valence-corrected chi connectivity index (χ1v) is 10.6. The maximum atomic E-state index is 12.7. The van der Waals surface area contributed by atoms with Crippen molar-refractivity contribution in [2.45, 2.75) is 13.5 Å². The second-order valence-electron chi connectivity index (χ2n) is 6.72. The van der Waals surface area contributed by atoms with Gasteiger partial charge in [0.2, 0.25) is 0 Å². The Labute approximate surface area is 187 Å². The molecule has 156 valence electrons. The van der Waals surface area contributed by atoms with E-state index >= 15 is 0 Å². The predicted octanol–water partition coefficient (Wildman–Crippen LogP) is 5.23. The number of pyridine rings is 1. The number of rotatable bonds is 5. The third-order valence-electron chi connectivity index (χ3n) is 4.49. The Hall–Kier alpha value is -3.49. The van der Waals surface area contributed by atoms with Crippen LogP contribution in [0.4, 0.5) is 15.6 Å². The lowest BCUT2D eigenvalue weighted by atomic mass is 10.1. The maximum absolute atomic E-state index is 12.7. The molecule has 7 nitrogen and oxygen atoms in total. The lowest BCUT2D eigenvalue weighted by molar-refractivity contribution is 0.102. The summed E-state index contributed by atoms with van der Waals surface area (Å²) in [4.78, 5) is 33.4. The fraction of sp³-hybridized carbons (Fsp3) is 0.0909. The number of benzene rings is 2. The molecule has 31 heavy (non-hydrogen) atoms. The highest BCUT2D eigenvalue weighted by Crippen LogP contribution is 2.29. The van der Waals surface area contributed by atoms with E-state index in [9.17, 15) is 9.59 Å². The van der Waals surface area contributed by atoms with Crippen molar-refractivity contribution < 1.29 is 9.59 Å². The van der Waals surface area contributed by atoms with Gasteiger partial charge in [-0.05, 0) is 48.9 Å². The Morgan fingerprint density at radius 1 is 1.06 bits per heavy atom. The van der Waals surface area contributed by atoms with Crippen LogP contribution in [0.2, 0.25) is 5.02 Å². The molecule has 4 aromatic rings. The van der Waals surface area contributed by atoms with Crippen molar-refractivity contribution in [1.29, 1.82) is 0 Å². The second kappa shape index (κ2) is 9.11. The van der Waals surface area contributed by atoms with Crippen LogP contribution >= 0.6 is 22.9 Å². The van der Waals surface area contributed by atoms with Gasteiger partial charge in [0.15, 0.2) is 5.13 Å². The fourth-order valence-corrected chi connectivity index (χ4v) is 4.08. The predicted molar refractivity (Wildman–Crippen MR) is 124 cm³/mol. The average molecular weight is 452 g/mol. The summed E-state index contributed by atoms with van der Waals surface area (Å²) in [5.74, 6) is -0.269. The molecule has 0 bridgehead atoms. The van der Waals surface area contributed by atoms with Crippen LogP contribution in [0.25, 0.3) is 10.2 Å². The first-order chi connectivity index (χ1) is 15.0. The summed E-state index contributed by atoms with van der Waals surface area (Å²) in [5.41, 5.74) is 3.39. The molecule has 2 heterocycles. The number of anilines is 2. The third kappa shape index (κ3) is 4.99. The van der Waals surface area contributed by atoms with E-state index in [-0.39, 0.29) is 11.9 Å². The SMILES string of the molecule is Cc1cccc(Cl)c1NC(=O)c1ccc2nc(NC(=O)NCc3ccccn3)sc2c1. The van der Waals surface area contributed by atoms with E-state index in [1.807, 2.05) is 37.3 Å². The van der Waals surface area contributed by atoms with Gasteiger partial charge in [0.1, 0.15) is 0 Å². The lowest BCUT2D eigenvalue weighted by Crippen LogP contribution is -2.28. The molecule has 4 rings (SSSR count). The van der Waals surface area contributed by atoms with Gasteiger partial charge in [-0.1, -0.05) is 41.1 Å². The van der Waals surface area contributed by atoms with Gasteiger partial charge in [-0.15, -0.1) is 0 Å². The normalized spacial score (nSPS) is 10.6. The Kier molecular flexibility index (Phi) is 6.11. The summed E-state index contributed by atoms with van der Waals surface area (Å²) in [5, 5.41) is 9.23. The lowest BCUT2D eigenvalue weighted by Gasteiger charge is -2.10. The summed E-state index contributed by atoms with van der Waals surface area (Å²) in [7, 11) is 0. The van der Waals surface area contributed by atoms with Gasteiger partial charge in [-0.3, -0.25) is 15.1 Å². The molecule has 9 heteroatoms. The molecule has 0 aliphatic carbocycles. The largest absolute Gasteiger partial charge is 0.332 e. The molecule has 0 aliphatic heterocycles. The molecule has 0 saturated heterocycles. The molecule has 0 saturated carbocycles. The minimum absolute atomic E-state index is 0.269.